The molecule has 0 radical (unpaired) electrons. The third kappa shape index (κ3) is 5.41. The Morgan fingerprint density at radius 2 is 2.00 bits per heavy atom. The van der Waals surface area contributed by atoms with E-state index in [-0.39, 0.29) is 29.9 Å². The summed E-state index contributed by atoms with van der Waals surface area (Å²) in [7, 11) is 0. The summed E-state index contributed by atoms with van der Waals surface area (Å²) < 4.78 is 21.2. The molecular weight excluding hydrogens is 399 g/mol. The number of nitrogens with two attached hydrogens (primary N) is 1. The van der Waals surface area contributed by atoms with Crippen molar-refractivity contribution in [3.05, 3.63) is 57.8 Å². The van der Waals surface area contributed by atoms with Gasteiger partial charge in [-0.3, -0.25) is 9.59 Å². The lowest BCUT2D eigenvalue weighted by Crippen LogP contribution is -2.43. The van der Waals surface area contributed by atoms with E-state index in [1.807, 2.05) is 0 Å². The first-order valence-corrected chi connectivity index (χ1v) is 9.48. The minimum absolute atomic E-state index is 0. The normalized spacial score (nSPS) is 14.5. The van der Waals surface area contributed by atoms with Crippen LogP contribution in [0.2, 0.25) is 0 Å². The molecule has 2 aromatic rings. The molecule has 0 spiro atoms. The molecule has 1 aliphatic rings. The van der Waals surface area contributed by atoms with Gasteiger partial charge in [0, 0.05) is 31.5 Å². The Morgan fingerprint density at radius 1 is 1.31 bits per heavy atom. The molecule has 1 saturated heterocycles. The quantitative estimate of drug-likeness (QED) is 0.717. The van der Waals surface area contributed by atoms with Crippen LogP contribution in [0.3, 0.4) is 0 Å². The number of amides is 1. The number of halogens is 2. The zero-order valence-electron chi connectivity index (χ0n) is 16.3. The van der Waals surface area contributed by atoms with E-state index in [0.717, 1.165) is 6.42 Å². The van der Waals surface area contributed by atoms with E-state index >= 15 is 0 Å². The number of piperidine rings is 1. The largest absolute Gasteiger partial charge is 0.378 e. The summed E-state index contributed by atoms with van der Waals surface area (Å²) in [5, 5.41) is 4.19. The van der Waals surface area contributed by atoms with Gasteiger partial charge in [0.05, 0.1) is 6.10 Å². The van der Waals surface area contributed by atoms with Gasteiger partial charge in [-0.2, -0.15) is 5.10 Å². The minimum atomic E-state index is -0.476. The molecule has 0 unspecified atom stereocenters. The zero-order valence-corrected chi connectivity index (χ0v) is 17.2. The number of carbonyl (C=O) groups excluding carboxylic acids is 1. The minimum Gasteiger partial charge on any atom is -0.378 e. The van der Waals surface area contributed by atoms with Crippen molar-refractivity contribution in [3.8, 4) is 5.69 Å². The topological polar surface area (TPSA) is 90.4 Å². The molecule has 1 amide bonds. The van der Waals surface area contributed by atoms with Crippen molar-refractivity contribution in [2.45, 2.75) is 32.3 Å². The van der Waals surface area contributed by atoms with Crippen molar-refractivity contribution in [2.24, 2.45) is 5.73 Å². The molecule has 158 valence electrons. The molecule has 1 aliphatic heterocycles. The predicted octanol–water partition coefficient (Wildman–Crippen LogP) is 2.07. The summed E-state index contributed by atoms with van der Waals surface area (Å²) in [5.74, 6) is -0.911. The highest BCUT2D eigenvalue weighted by Gasteiger charge is 2.27. The van der Waals surface area contributed by atoms with Gasteiger partial charge in [-0.15, -0.1) is 12.4 Å². The van der Waals surface area contributed by atoms with Gasteiger partial charge in [-0.1, -0.05) is 12.1 Å². The summed E-state index contributed by atoms with van der Waals surface area (Å²) in [4.78, 5) is 26.8. The van der Waals surface area contributed by atoms with Crippen LogP contribution in [0.15, 0.2) is 35.1 Å². The van der Waals surface area contributed by atoms with Crippen LogP contribution >= 0.6 is 12.4 Å². The maximum atomic E-state index is 14.2. The standard InChI is InChI=1S/C20H25FN4O3.ClH/c1-14-13-18(26)19(23-25(14)17-6-3-2-5-16(17)21)20(27)24-10-7-15(8-11-24)28-12-4-9-22;/h2-3,5-6,13,15H,4,7-12,22H2,1H3;1H. The highest BCUT2D eigenvalue weighted by Crippen LogP contribution is 2.17. The molecule has 1 aromatic carbocycles. The molecule has 0 bridgehead atoms. The number of benzene rings is 1. The van der Waals surface area contributed by atoms with Crippen LogP contribution in [-0.2, 0) is 4.74 Å². The SMILES string of the molecule is Cc1cc(=O)c(C(=O)N2CCC(OCCCN)CC2)nn1-c1ccccc1F.Cl. The Hall–Kier alpha value is -2.29. The second kappa shape index (κ2) is 10.5. The zero-order chi connectivity index (χ0) is 20.1. The number of hydrogen-bond acceptors (Lipinski definition) is 5. The number of ether oxygens (including phenoxy) is 1. The maximum absolute atomic E-state index is 14.2. The van der Waals surface area contributed by atoms with Gasteiger partial charge in [-0.25, -0.2) is 9.07 Å². The van der Waals surface area contributed by atoms with Gasteiger partial charge in [0.1, 0.15) is 11.5 Å². The van der Waals surface area contributed by atoms with E-state index in [1.54, 1.807) is 30.0 Å². The first-order valence-electron chi connectivity index (χ1n) is 9.48. The lowest BCUT2D eigenvalue weighted by atomic mass is 10.1. The van der Waals surface area contributed by atoms with E-state index in [9.17, 15) is 14.0 Å². The Balaban J connectivity index is 0.00000300. The lowest BCUT2D eigenvalue weighted by molar-refractivity contribution is 0.00820. The number of nitrogens with zero attached hydrogens (tertiary/aromatic N) is 3. The molecule has 0 saturated carbocycles. The molecule has 2 heterocycles. The number of aromatic nitrogens is 2. The van der Waals surface area contributed by atoms with E-state index in [1.165, 1.54) is 16.8 Å². The molecule has 3 rings (SSSR count). The molecule has 7 nitrogen and oxygen atoms in total. The fraction of sp³-hybridized carbons (Fsp3) is 0.450. The number of hydrogen-bond donors (Lipinski definition) is 1. The summed E-state index contributed by atoms with van der Waals surface area (Å²) >= 11 is 0. The highest BCUT2D eigenvalue weighted by atomic mass is 35.5. The van der Waals surface area contributed by atoms with E-state index in [2.05, 4.69) is 5.10 Å². The van der Waals surface area contributed by atoms with Crippen molar-refractivity contribution in [2.75, 3.05) is 26.2 Å². The summed E-state index contributed by atoms with van der Waals surface area (Å²) in [6.45, 7) is 3.83. The predicted molar refractivity (Wildman–Crippen MR) is 110 cm³/mol. The van der Waals surface area contributed by atoms with Gasteiger partial charge in [0.2, 0.25) is 5.43 Å². The van der Waals surface area contributed by atoms with Crippen LogP contribution in [0.25, 0.3) is 5.69 Å². The smallest absolute Gasteiger partial charge is 0.278 e. The lowest BCUT2D eigenvalue weighted by Gasteiger charge is -2.31. The molecule has 2 N–H and O–H groups in total. The van der Waals surface area contributed by atoms with Crippen molar-refractivity contribution in [3.63, 3.8) is 0 Å². The summed E-state index contributed by atoms with van der Waals surface area (Å²) in [6.07, 6.45) is 2.30. The van der Waals surface area contributed by atoms with Gasteiger partial charge in [-0.05, 0) is 44.9 Å². The van der Waals surface area contributed by atoms with Crippen LogP contribution in [-0.4, -0.2) is 52.9 Å². The number of carbonyl (C=O) groups is 1. The Morgan fingerprint density at radius 3 is 2.66 bits per heavy atom. The highest BCUT2D eigenvalue weighted by molar-refractivity contribution is 5.92. The number of likely N-dealkylation sites (tertiary alicyclic amines) is 1. The van der Waals surface area contributed by atoms with Gasteiger partial charge >= 0.3 is 0 Å². The summed E-state index contributed by atoms with van der Waals surface area (Å²) in [5.41, 5.74) is 5.46. The van der Waals surface area contributed by atoms with Crippen LogP contribution in [0.4, 0.5) is 4.39 Å². The monoisotopic (exact) mass is 424 g/mol. The second-order valence-corrected chi connectivity index (χ2v) is 6.87. The molecular formula is C20H26ClFN4O3. The Labute approximate surface area is 175 Å². The third-order valence-corrected chi connectivity index (χ3v) is 4.82. The van der Waals surface area contributed by atoms with Crippen LogP contribution in [0.5, 0.6) is 0 Å². The number of aryl methyl sites for hydroxylation is 1. The van der Waals surface area contributed by atoms with Gasteiger partial charge < -0.3 is 15.4 Å². The Kier molecular flexibility index (Phi) is 8.31. The van der Waals surface area contributed by atoms with Crippen LogP contribution < -0.4 is 11.2 Å². The van der Waals surface area contributed by atoms with E-state index < -0.39 is 17.2 Å². The maximum Gasteiger partial charge on any atom is 0.278 e. The van der Waals surface area contributed by atoms with Crippen molar-refractivity contribution < 1.29 is 13.9 Å². The first-order chi connectivity index (χ1) is 13.5. The van der Waals surface area contributed by atoms with E-state index in [4.69, 9.17) is 10.5 Å². The third-order valence-electron chi connectivity index (χ3n) is 4.82. The molecule has 0 atom stereocenters. The van der Waals surface area contributed by atoms with Crippen LogP contribution in [0, 0.1) is 12.7 Å². The molecule has 9 heteroatoms. The first kappa shape index (κ1) is 23.0. The van der Waals surface area contributed by atoms with Gasteiger partial charge in [0.15, 0.2) is 5.69 Å². The van der Waals surface area contributed by atoms with E-state index in [0.29, 0.717) is 44.8 Å². The molecule has 1 fully saturated rings. The Bertz CT molecular complexity index is 898. The molecule has 0 aliphatic carbocycles. The van der Waals surface area contributed by atoms with Crippen molar-refractivity contribution >= 4 is 18.3 Å². The van der Waals surface area contributed by atoms with Crippen LogP contribution in [0.1, 0.15) is 35.4 Å². The number of rotatable bonds is 6. The fourth-order valence-corrected chi connectivity index (χ4v) is 3.27. The number of para-hydroxylation sites is 1. The second-order valence-electron chi connectivity index (χ2n) is 6.87. The summed E-state index contributed by atoms with van der Waals surface area (Å²) in [6, 6.07) is 7.43. The molecule has 29 heavy (non-hydrogen) atoms. The average molecular weight is 425 g/mol. The average Bonchev–Trinajstić information content (AvgIpc) is 2.69. The molecule has 1 aromatic heterocycles. The van der Waals surface area contributed by atoms with Gasteiger partial charge in [0.25, 0.3) is 5.91 Å². The van der Waals surface area contributed by atoms with Crippen molar-refractivity contribution in [1.82, 2.24) is 14.7 Å². The van der Waals surface area contributed by atoms with Crippen molar-refractivity contribution in [1.29, 1.82) is 0 Å². The fourth-order valence-electron chi connectivity index (χ4n) is 3.27.